The zero-order chi connectivity index (χ0) is 16.5. The van der Waals surface area contributed by atoms with Gasteiger partial charge < -0.3 is 20.7 Å². The zero-order valence-corrected chi connectivity index (χ0v) is 13.6. The smallest absolute Gasteiger partial charge is 0.253 e. The average molecular weight is 319 g/mol. The van der Waals surface area contributed by atoms with Crippen LogP contribution in [0.4, 0.5) is 5.69 Å². The van der Waals surface area contributed by atoms with Gasteiger partial charge in [0.15, 0.2) is 0 Å². The minimum Gasteiger partial charge on any atom is -0.368 e. The van der Waals surface area contributed by atoms with Gasteiger partial charge >= 0.3 is 0 Å². The van der Waals surface area contributed by atoms with Crippen LogP contribution >= 0.6 is 0 Å². The van der Waals surface area contributed by atoms with Crippen LogP contribution in [0.2, 0.25) is 0 Å². The standard InChI is InChI=1S/C17H25N3O3/c1-2-8-18-9-10-19-16(21)13-5-3-6-14(12-13)20-17(22)15-7-4-11-23-15/h3,5-6,12,15,18H,2,4,7-11H2,1H3,(H,19,21)(H,20,22). The lowest BCUT2D eigenvalue weighted by Gasteiger charge is -2.11. The maximum atomic E-state index is 12.1. The van der Waals surface area contributed by atoms with Gasteiger partial charge in [0, 0.05) is 30.9 Å². The van der Waals surface area contributed by atoms with Crippen LogP contribution < -0.4 is 16.0 Å². The molecule has 0 saturated carbocycles. The van der Waals surface area contributed by atoms with Crippen LogP contribution in [0.5, 0.6) is 0 Å². The molecule has 1 aromatic carbocycles. The molecule has 1 aliphatic heterocycles. The fourth-order valence-electron chi connectivity index (χ4n) is 2.41. The normalized spacial score (nSPS) is 17.0. The monoisotopic (exact) mass is 319 g/mol. The summed E-state index contributed by atoms with van der Waals surface area (Å²) in [4.78, 5) is 24.1. The van der Waals surface area contributed by atoms with Crippen molar-refractivity contribution in [1.82, 2.24) is 10.6 Å². The molecule has 0 bridgehead atoms. The van der Waals surface area contributed by atoms with Crippen molar-refractivity contribution >= 4 is 17.5 Å². The maximum Gasteiger partial charge on any atom is 0.253 e. The first kappa shape index (κ1) is 17.4. The molecule has 1 unspecified atom stereocenters. The molecule has 1 heterocycles. The molecule has 1 atom stereocenters. The number of hydrogen-bond acceptors (Lipinski definition) is 4. The molecule has 126 valence electrons. The predicted octanol–water partition coefficient (Wildman–Crippen LogP) is 1.53. The van der Waals surface area contributed by atoms with Gasteiger partial charge in [0.05, 0.1) is 0 Å². The Hall–Kier alpha value is -1.92. The predicted molar refractivity (Wildman–Crippen MR) is 89.5 cm³/mol. The lowest BCUT2D eigenvalue weighted by Crippen LogP contribution is -2.32. The molecule has 0 aromatic heterocycles. The highest BCUT2D eigenvalue weighted by Gasteiger charge is 2.23. The minimum atomic E-state index is -0.378. The van der Waals surface area contributed by atoms with Crippen molar-refractivity contribution in [1.29, 1.82) is 0 Å². The van der Waals surface area contributed by atoms with Crippen LogP contribution in [0, 0.1) is 0 Å². The Bertz CT molecular complexity index is 528. The summed E-state index contributed by atoms with van der Waals surface area (Å²) in [6, 6.07) is 6.94. The summed E-state index contributed by atoms with van der Waals surface area (Å²) < 4.78 is 5.35. The Morgan fingerprint density at radius 3 is 2.87 bits per heavy atom. The SMILES string of the molecule is CCCNCCNC(=O)c1cccc(NC(=O)C2CCCO2)c1. The molecule has 2 rings (SSSR count). The molecule has 6 nitrogen and oxygen atoms in total. The highest BCUT2D eigenvalue weighted by atomic mass is 16.5. The van der Waals surface area contributed by atoms with Crippen LogP contribution in [0.15, 0.2) is 24.3 Å². The summed E-state index contributed by atoms with van der Waals surface area (Å²) in [6.45, 7) is 5.00. The van der Waals surface area contributed by atoms with Crippen molar-refractivity contribution in [3.8, 4) is 0 Å². The first-order chi connectivity index (χ1) is 11.2. The van der Waals surface area contributed by atoms with E-state index in [2.05, 4.69) is 22.9 Å². The van der Waals surface area contributed by atoms with E-state index in [1.165, 1.54) is 0 Å². The quantitative estimate of drug-likeness (QED) is 0.635. The van der Waals surface area contributed by atoms with Crippen LogP contribution in [0.25, 0.3) is 0 Å². The van der Waals surface area contributed by atoms with Gasteiger partial charge in [-0.3, -0.25) is 9.59 Å². The van der Waals surface area contributed by atoms with Crippen LogP contribution in [-0.2, 0) is 9.53 Å². The molecule has 0 aliphatic carbocycles. The molecule has 0 radical (unpaired) electrons. The summed E-state index contributed by atoms with van der Waals surface area (Å²) in [6.07, 6.45) is 2.35. The molecule has 1 aromatic rings. The molecule has 0 spiro atoms. The third kappa shape index (κ3) is 5.65. The number of amides is 2. The van der Waals surface area contributed by atoms with Crippen LogP contribution in [0.3, 0.4) is 0 Å². The van der Waals surface area contributed by atoms with Crippen molar-refractivity contribution in [3.63, 3.8) is 0 Å². The van der Waals surface area contributed by atoms with Gasteiger partial charge in [-0.05, 0) is 44.0 Å². The topological polar surface area (TPSA) is 79.5 Å². The largest absolute Gasteiger partial charge is 0.368 e. The van der Waals surface area contributed by atoms with E-state index in [0.717, 1.165) is 32.4 Å². The number of nitrogens with one attached hydrogen (secondary N) is 3. The molecule has 1 aliphatic rings. The minimum absolute atomic E-state index is 0.142. The Balaban J connectivity index is 1.83. The number of carbonyl (C=O) groups excluding carboxylic acids is 2. The Labute approximate surface area is 137 Å². The molecule has 3 N–H and O–H groups in total. The van der Waals surface area contributed by atoms with Crippen molar-refractivity contribution in [3.05, 3.63) is 29.8 Å². The summed E-state index contributed by atoms with van der Waals surface area (Å²) in [7, 11) is 0. The third-order valence-electron chi connectivity index (χ3n) is 3.63. The second kappa shape index (κ2) is 9.27. The highest BCUT2D eigenvalue weighted by Crippen LogP contribution is 2.16. The van der Waals surface area contributed by atoms with Crippen molar-refractivity contribution < 1.29 is 14.3 Å². The molecule has 1 fully saturated rings. The van der Waals surface area contributed by atoms with Crippen molar-refractivity contribution in [2.24, 2.45) is 0 Å². The number of benzene rings is 1. The number of carbonyl (C=O) groups is 2. The fraction of sp³-hybridized carbons (Fsp3) is 0.529. The van der Waals surface area contributed by atoms with Gasteiger partial charge in [0.2, 0.25) is 0 Å². The van der Waals surface area contributed by atoms with E-state index in [9.17, 15) is 9.59 Å². The van der Waals surface area contributed by atoms with Gasteiger partial charge in [0.25, 0.3) is 11.8 Å². The van der Waals surface area contributed by atoms with E-state index < -0.39 is 0 Å². The first-order valence-corrected chi connectivity index (χ1v) is 8.22. The second-order valence-corrected chi connectivity index (χ2v) is 5.58. The van der Waals surface area contributed by atoms with Gasteiger partial charge in [-0.15, -0.1) is 0 Å². The summed E-state index contributed by atoms with van der Waals surface area (Å²) in [5, 5.41) is 8.89. The maximum absolute atomic E-state index is 12.1. The first-order valence-electron chi connectivity index (χ1n) is 8.22. The highest BCUT2D eigenvalue weighted by molar-refractivity contribution is 5.98. The van der Waals surface area contributed by atoms with E-state index in [0.29, 0.717) is 24.4 Å². The molecule has 1 saturated heterocycles. The van der Waals surface area contributed by atoms with Gasteiger partial charge in [-0.2, -0.15) is 0 Å². The Kier molecular flexibility index (Phi) is 7.03. The van der Waals surface area contributed by atoms with E-state index >= 15 is 0 Å². The summed E-state index contributed by atoms with van der Waals surface area (Å²) >= 11 is 0. The third-order valence-corrected chi connectivity index (χ3v) is 3.63. The number of anilines is 1. The van der Waals surface area contributed by atoms with Gasteiger partial charge in [-0.1, -0.05) is 13.0 Å². The van der Waals surface area contributed by atoms with Crippen molar-refractivity contribution in [2.75, 3.05) is 31.6 Å². The lowest BCUT2D eigenvalue weighted by molar-refractivity contribution is -0.124. The number of hydrogen-bond donors (Lipinski definition) is 3. The van der Waals surface area contributed by atoms with Gasteiger partial charge in [-0.25, -0.2) is 0 Å². The number of rotatable bonds is 8. The molecular weight excluding hydrogens is 294 g/mol. The molecular formula is C17H25N3O3. The van der Waals surface area contributed by atoms with E-state index in [4.69, 9.17) is 4.74 Å². The second-order valence-electron chi connectivity index (χ2n) is 5.58. The zero-order valence-electron chi connectivity index (χ0n) is 13.6. The summed E-state index contributed by atoms with van der Waals surface area (Å²) in [5.74, 6) is -0.291. The van der Waals surface area contributed by atoms with E-state index in [1.54, 1.807) is 24.3 Å². The van der Waals surface area contributed by atoms with Crippen molar-refractivity contribution in [2.45, 2.75) is 32.3 Å². The van der Waals surface area contributed by atoms with E-state index in [-0.39, 0.29) is 17.9 Å². The van der Waals surface area contributed by atoms with Crippen LogP contribution in [0.1, 0.15) is 36.5 Å². The average Bonchev–Trinajstić information content (AvgIpc) is 3.09. The molecule has 23 heavy (non-hydrogen) atoms. The Morgan fingerprint density at radius 2 is 2.13 bits per heavy atom. The van der Waals surface area contributed by atoms with E-state index in [1.807, 2.05) is 0 Å². The Morgan fingerprint density at radius 1 is 1.26 bits per heavy atom. The molecule has 2 amide bonds. The summed E-state index contributed by atoms with van der Waals surface area (Å²) in [5.41, 5.74) is 1.15. The fourth-order valence-corrected chi connectivity index (χ4v) is 2.41. The number of ether oxygens (including phenoxy) is 1. The lowest BCUT2D eigenvalue weighted by atomic mass is 10.1. The molecule has 6 heteroatoms. The van der Waals surface area contributed by atoms with Gasteiger partial charge in [0.1, 0.15) is 6.10 Å². The van der Waals surface area contributed by atoms with Crippen LogP contribution in [-0.4, -0.2) is 44.2 Å².